The third kappa shape index (κ3) is 12.7. The fourth-order valence-corrected chi connectivity index (χ4v) is 2.50. The van der Waals surface area contributed by atoms with Gasteiger partial charge in [-0.05, 0) is 31.8 Å². The largest absolute Gasteiger partial charge is 0.460 e. The Hall–Kier alpha value is -1.25. The summed E-state index contributed by atoms with van der Waals surface area (Å²) in [6, 6.07) is 8.89. The molecule has 0 radical (unpaired) electrons. The van der Waals surface area contributed by atoms with E-state index in [1.807, 2.05) is 6.07 Å². The average molecular weight is 371 g/mol. The Morgan fingerprint density at radius 3 is 1.76 bits per heavy atom. The highest BCUT2D eigenvalue weighted by Crippen LogP contribution is 2.01. The summed E-state index contributed by atoms with van der Waals surface area (Å²) in [4.78, 5) is 11.7. The van der Waals surface area contributed by atoms with Crippen LogP contribution in [0.1, 0.15) is 10.4 Å². The van der Waals surface area contributed by atoms with E-state index < -0.39 is 8.32 Å². The van der Waals surface area contributed by atoms with Crippen molar-refractivity contribution in [2.45, 2.75) is 19.6 Å². The Balaban J connectivity index is 1.82. The Morgan fingerprint density at radius 2 is 1.24 bits per heavy atom. The summed E-state index contributed by atoms with van der Waals surface area (Å²) >= 11 is 0. The predicted molar refractivity (Wildman–Crippen MR) is 98.5 cm³/mol. The van der Waals surface area contributed by atoms with E-state index in [-0.39, 0.29) is 12.6 Å². The van der Waals surface area contributed by atoms with Crippen LogP contribution < -0.4 is 0 Å². The lowest BCUT2D eigenvalue weighted by atomic mass is 10.2. The van der Waals surface area contributed by atoms with Crippen molar-refractivity contribution in [1.29, 1.82) is 0 Å². The minimum absolute atomic E-state index is 0.230. The Kier molecular flexibility index (Phi) is 11.3. The highest BCUT2D eigenvalue weighted by Gasteiger charge is 2.13. The van der Waals surface area contributed by atoms with E-state index in [9.17, 15) is 4.79 Å². The Morgan fingerprint density at radius 1 is 0.760 bits per heavy atom. The number of carbonyl (C=O) groups is 1. The first kappa shape index (κ1) is 21.8. The van der Waals surface area contributed by atoms with Crippen LogP contribution in [0, 0.1) is 0 Å². The summed E-state index contributed by atoms with van der Waals surface area (Å²) in [5.41, 5.74) is 0.543. The first-order valence-electron chi connectivity index (χ1n) is 8.58. The molecule has 0 amide bonds. The first-order chi connectivity index (χ1) is 12.0. The van der Waals surface area contributed by atoms with Crippen molar-refractivity contribution < 1.29 is 28.2 Å². The van der Waals surface area contributed by atoms with Crippen LogP contribution in [0.25, 0.3) is 0 Å². The molecule has 7 heteroatoms. The lowest BCUT2D eigenvalue weighted by molar-refractivity contribution is -0.00246. The van der Waals surface area contributed by atoms with Crippen LogP contribution in [0.3, 0.4) is 0 Å². The molecule has 0 aliphatic heterocycles. The molecule has 142 valence electrons. The van der Waals surface area contributed by atoms with E-state index >= 15 is 0 Å². The van der Waals surface area contributed by atoms with Gasteiger partial charge < -0.3 is 23.4 Å². The monoisotopic (exact) mass is 370 g/mol. The van der Waals surface area contributed by atoms with Crippen LogP contribution in [-0.2, 0) is 23.4 Å². The second kappa shape index (κ2) is 13.0. The van der Waals surface area contributed by atoms with Gasteiger partial charge in [0.15, 0.2) is 8.32 Å². The molecule has 1 aromatic rings. The molecule has 0 saturated heterocycles. The Labute approximate surface area is 151 Å². The maximum absolute atomic E-state index is 11.7. The molecule has 1 rings (SSSR count). The predicted octanol–water partition coefficient (Wildman–Crippen LogP) is 2.74. The minimum atomic E-state index is -1.44. The van der Waals surface area contributed by atoms with E-state index in [1.54, 1.807) is 24.3 Å². The third-order valence-electron chi connectivity index (χ3n) is 2.98. The number of ether oxygens (including phenoxy) is 4. The van der Waals surface area contributed by atoms with Crippen LogP contribution in [0.4, 0.5) is 0 Å². The van der Waals surface area contributed by atoms with Gasteiger partial charge in [0, 0.05) is 0 Å². The zero-order valence-corrected chi connectivity index (χ0v) is 16.5. The molecular weight excluding hydrogens is 340 g/mol. The highest BCUT2D eigenvalue weighted by atomic mass is 28.4. The standard InChI is InChI=1S/C18H30O6Si/c1-25(2,3)24-16-14-22-12-10-20-9-11-21-13-15-23-18(19)17-7-5-4-6-8-17/h4-8H,9-16H2,1-3H3. The summed E-state index contributed by atoms with van der Waals surface area (Å²) in [5.74, 6) is -0.337. The van der Waals surface area contributed by atoms with Gasteiger partial charge in [-0.1, -0.05) is 18.2 Å². The molecule has 0 saturated carbocycles. The van der Waals surface area contributed by atoms with Gasteiger partial charge >= 0.3 is 5.97 Å². The van der Waals surface area contributed by atoms with Crippen LogP contribution in [-0.4, -0.2) is 67.1 Å². The van der Waals surface area contributed by atoms with Crippen molar-refractivity contribution in [3.8, 4) is 0 Å². The van der Waals surface area contributed by atoms with Gasteiger partial charge in [-0.25, -0.2) is 4.79 Å². The molecule has 0 aliphatic carbocycles. The van der Waals surface area contributed by atoms with Crippen molar-refractivity contribution in [3.05, 3.63) is 35.9 Å². The van der Waals surface area contributed by atoms with Gasteiger partial charge in [0.1, 0.15) is 6.61 Å². The van der Waals surface area contributed by atoms with Crippen LogP contribution in [0.15, 0.2) is 30.3 Å². The van der Waals surface area contributed by atoms with Crippen LogP contribution >= 0.6 is 0 Å². The molecule has 1 aromatic carbocycles. The van der Waals surface area contributed by atoms with Crippen molar-refractivity contribution in [1.82, 2.24) is 0 Å². The molecule has 25 heavy (non-hydrogen) atoms. The quantitative estimate of drug-likeness (QED) is 0.285. The average Bonchev–Trinajstić information content (AvgIpc) is 2.58. The lowest BCUT2D eigenvalue weighted by Crippen LogP contribution is -2.27. The maximum Gasteiger partial charge on any atom is 0.338 e. The minimum Gasteiger partial charge on any atom is -0.460 e. The smallest absolute Gasteiger partial charge is 0.338 e. The van der Waals surface area contributed by atoms with Gasteiger partial charge in [-0.3, -0.25) is 0 Å². The molecule has 0 N–H and O–H groups in total. The number of esters is 1. The molecule has 0 bridgehead atoms. The number of hydrogen-bond donors (Lipinski definition) is 0. The number of benzene rings is 1. The fourth-order valence-electron chi connectivity index (χ4n) is 1.80. The van der Waals surface area contributed by atoms with Crippen molar-refractivity contribution in [3.63, 3.8) is 0 Å². The van der Waals surface area contributed by atoms with E-state index in [4.69, 9.17) is 23.4 Å². The summed E-state index contributed by atoms with van der Waals surface area (Å²) in [6.07, 6.45) is 0. The topological polar surface area (TPSA) is 63.2 Å². The number of rotatable bonds is 14. The summed E-state index contributed by atoms with van der Waals surface area (Å²) in [7, 11) is -1.44. The van der Waals surface area contributed by atoms with Gasteiger partial charge in [-0.15, -0.1) is 0 Å². The van der Waals surface area contributed by atoms with Crippen molar-refractivity contribution >= 4 is 14.3 Å². The van der Waals surface area contributed by atoms with E-state index in [0.717, 1.165) is 0 Å². The Bertz CT molecular complexity index is 460. The van der Waals surface area contributed by atoms with E-state index in [1.165, 1.54) is 0 Å². The van der Waals surface area contributed by atoms with E-state index in [0.29, 0.717) is 51.8 Å². The molecule has 0 heterocycles. The normalized spacial score (nSPS) is 11.5. The zero-order valence-electron chi connectivity index (χ0n) is 15.5. The van der Waals surface area contributed by atoms with Crippen LogP contribution in [0.2, 0.25) is 19.6 Å². The first-order valence-corrected chi connectivity index (χ1v) is 12.0. The third-order valence-corrected chi connectivity index (χ3v) is 4.05. The second-order valence-corrected chi connectivity index (χ2v) is 10.8. The molecular formula is C18H30O6Si. The highest BCUT2D eigenvalue weighted by molar-refractivity contribution is 6.69. The van der Waals surface area contributed by atoms with Gasteiger partial charge in [-0.2, -0.15) is 0 Å². The second-order valence-electron chi connectivity index (χ2n) is 6.30. The van der Waals surface area contributed by atoms with Gasteiger partial charge in [0.25, 0.3) is 0 Å². The molecule has 0 atom stereocenters. The van der Waals surface area contributed by atoms with Crippen molar-refractivity contribution in [2.75, 3.05) is 52.9 Å². The SMILES string of the molecule is C[Si](C)(C)OCCOCCOCCOCCOC(=O)c1ccccc1. The zero-order chi connectivity index (χ0) is 18.4. The van der Waals surface area contributed by atoms with Gasteiger partial charge in [0.2, 0.25) is 0 Å². The van der Waals surface area contributed by atoms with Crippen LogP contribution in [0.5, 0.6) is 0 Å². The maximum atomic E-state index is 11.7. The lowest BCUT2D eigenvalue weighted by Gasteiger charge is -2.16. The molecule has 0 fully saturated rings. The molecule has 6 nitrogen and oxygen atoms in total. The summed E-state index contributed by atoms with van der Waals surface area (Å²) in [6.45, 7) is 10.3. The number of hydrogen-bond acceptors (Lipinski definition) is 6. The van der Waals surface area contributed by atoms with Gasteiger partial charge in [0.05, 0.1) is 51.8 Å². The molecule has 0 aliphatic rings. The van der Waals surface area contributed by atoms with E-state index in [2.05, 4.69) is 19.6 Å². The summed E-state index contributed by atoms with van der Waals surface area (Å²) < 4.78 is 26.9. The molecule has 0 unspecified atom stereocenters. The molecule has 0 spiro atoms. The fraction of sp³-hybridized carbons (Fsp3) is 0.611. The number of carbonyl (C=O) groups excluding carboxylic acids is 1. The summed E-state index contributed by atoms with van der Waals surface area (Å²) in [5, 5.41) is 0. The van der Waals surface area contributed by atoms with Crippen molar-refractivity contribution in [2.24, 2.45) is 0 Å². The molecule has 0 aromatic heterocycles.